The van der Waals surface area contributed by atoms with Crippen LogP contribution < -0.4 is 4.90 Å². The van der Waals surface area contributed by atoms with Gasteiger partial charge in [-0.3, -0.25) is 0 Å². The lowest BCUT2D eigenvalue weighted by Crippen LogP contribution is -2.44. The van der Waals surface area contributed by atoms with Gasteiger partial charge in [-0.2, -0.15) is 9.57 Å². The fraction of sp³-hybridized carbons (Fsp3) is 0.714. The molecule has 3 rings (SSSR count). The minimum atomic E-state index is -3.48. The number of aromatic nitrogens is 1. The number of rotatable bonds is 3. The van der Waals surface area contributed by atoms with Crippen molar-refractivity contribution in [3.63, 3.8) is 0 Å². The van der Waals surface area contributed by atoms with E-state index in [2.05, 4.69) is 27.9 Å². The molecule has 2 fully saturated rings. The molecular formula is C14H21N5O2S2. The SMILES string of the molecule is CN1CCN(c2ncc(S(=O)(=O)N3CCC(C#N)CC3)s2)CC1. The number of thiazole rings is 1. The largest absolute Gasteiger partial charge is 0.345 e. The second-order valence-corrected chi connectivity index (χ2v) is 9.23. The first-order chi connectivity index (χ1) is 11.0. The Hall–Kier alpha value is -1.21. The molecule has 126 valence electrons. The van der Waals surface area contributed by atoms with Crippen molar-refractivity contribution in [3.05, 3.63) is 6.20 Å². The zero-order valence-corrected chi connectivity index (χ0v) is 14.8. The van der Waals surface area contributed by atoms with Crippen LogP contribution in [0.2, 0.25) is 0 Å². The summed E-state index contributed by atoms with van der Waals surface area (Å²) in [5.74, 6) is -0.0242. The number of piperazine rings is 1. The molecule has 0 N–H and O–H groups in total. The zero-order chi connectivity index (χ0) is 16.4. The molecule has 1 aromatic rings. The molecule has 2 saturated heterocycles. The van der Waals surface area contributed by atoms with Gasteiger partial charge in [0.15, 0.2) is 9.34 Å². The maximum absolute atomic E-state index is 12.7. The van der Waals surface area contributed by atoms with Crippen LogP contribution in [-0.2, 0) is 10.0 Å². The molecule has 23 heavy (non-hydrogen) atoms. The van der Waals surface area contributed by atoms with Crippen molar-refractivity contribution in [2.45, 2.75) is 17.1 Å². The molecule has 0 spiro atoms. The molecule has 7 nitrogen and oxygen atoms in total. The van der Waals surface area contributed by atoms with Crippen LogP contribution in [0.5, 0.6) is 0 Å². The first-order valence-electron chi connectivity index (χ1n) is 7.80. The molecule has 0 atom stereocenters. The maximum atomic E-state index is 12.7. The number of hydrogen-bond donors (Lipinski definition) is 0. The van der Waals surface area contributed by atoms with E-state index in [0.29, 0.717) is 30.1 Å². The van der Waals surface area contributed by atoms with Gasteiger partial charge >= 0.3 is 0 Å². The number of nitrogens with zero attached hydrogens (tertiary/aromatic N) is 5. The Morgan fingerprint density at radius 1 is 1.22 bits per heavy atom. The van der Waals surface area contributed by atoms with E-state index in [4.69, 9.17) is 5.26 Å². The van der Waals surface area contributed by atoms with E-state index in [-0.39, 0.29) is 5.92 Å². The van der Waals surface area contributed by atoms with Gasteiger partial charge in [-0.1, -0.05) is 11.3 Å². The number of anilines is 1. The van der Waals surface area contributed by atoms with Crippen molar-refractivity contribution in [2.75, 3.05) is 51.2 Å². The molecule has 0 bridgehead atoms. The van der Waals surface area contributed by atoms with Gasteiger partial charge in [0.25, 0.3) is 10.0 Å². The summed E-state index contributed by atoms with van der Waals surface area (Å²) >= 11 is 1.25. The van der Waals surface area contributed by atoms with Crippen LogP contribution in [0.1, 0.15) is 12.8 Å². The van der Waals surface area contributed by atoms with Gasteiger partial charge in [0.05, 0.1) is 12.3 Å². The molecule has 0 aromatic carbocycles. The average Bonchev–Trinajstić information content (AvgIpc) is 3.06. The first-order valence-corrected chi connectivity index (χ1v) is 10.1. The third-order valence-corrected chi connectivity index (χ3v) is 7.87. The van der Waals surface area contributed by atoms with E-state index in [1.165, 1.54) is 21.8 Å². The highest BCUT2D eigenvalue weighted by molar-refractivity contribution is 7.91. The lowest BCUT2D eigenvalue weighted by Gasteiger charge is -2.32. The lowest BCUT2D eigenvalue weighted by molar-refractivity contribution is 0.310. The molecule has 0 amide bonds. The van der Waals surface area contributed by atoms with Crippen molar-refractivity contribution in [2.24, 2.45) is 5.92 Å². The summed E-state index contributed by atoms with van der Waals surface area (Å²) in [6, 6.07) is 2.22. The predicted octanol–water partition coefficient (Wildman–Crippen LogP) is 0.819. The molecule has 2 aliphatic heterocycles. The number of nitriles is 1. The summed E-state index contributed by atoms with van der Waals surface area (Å²) in [6.07, 6.45) is 2.70. The number of hydrogen-bond acceptors (Lipinski definition) is 7. The van der Waals surface area contributed by atoms with E-state index >= 15 is 0 Å². The number of sulfonamides is 1. The predicted molar refractivity (Wildman–Crippen MR) is 88.9 cm³/mol. The molecule has 3 heterocycles. The molecule has 0 radical (unpaired) electrons. The number of piperidine rings is 1. The van der Waals surface area contributed by atoms with Gasteiger partial charge in [-0.15, -0.1) is 0 Å². The summed E-state index contributed by atoms with van der Waals surface area (Å²) in [7, 11) is -1.40. The molecule has 0 unspecified atom stereocenters. The Balaban J connectivity index is 1.71. The fourth-order valence-electron chi connectivity index (χ4n) is 2.87. The van der Waals surface area contributed by atoms with E-state index in [1.54, 1.807) is 0 Å². The Morgan fingerprint density at radius 2 is 1.87 bits per heavy atom. The molecular weight excluding hydrogens is 334 g/mol. The van der Waals surface area contributed by atoms with Crippen molar-refractivity contribution in [1.82, 2.24) is 14.2 Å². The van der Waals surface area contributed by atoms with Gasteiger partial charge < -0.3 is 9.80 Å². The standard InChI is InChI=1S/C14H21N5O2S2/c1-17-6-8-18(9-7-17)14-16-11-13(22-14)23(20,21)19-4-2-12(10-15)3-5-19/h11-12H,2-9H2,1H3. The summed E-state index contributed by atoms with van der Waals surface area (Å²) in [4.78, 5) is 8.72. The third-order valence-electron chi connectivity index (χ3n) is 4.48. The van der Waals surface area contributed by atoms with Gasteiger partial charge in [-0.25, -0.2) is 13.4 Å². The smallest absolute Gasteiger partial charge is 0.254 e. The summed E-state index contributed by atoms with van der Waals surface area (Å²) < 4.78 is 27.2. The molecule has 2 aliphatic rings. The number of likely N-dealkylation sites (N-methyl/N-ethyl adjacent to an activating group) is 1. The molecule has 9 heteroatoms. The second kappa shape index (κ2) is 6.73. The van der Waals surface area contributed by atoms with E-state index in [1.807, 2.05) is 0 Å². The van der Waals surface area contributed by atoms with E-state index < -0.39 is 10.0 Å². The van der Waals surface area contributed by atoms with Crippen molar-refractivity contribution in [3.8, 4) is 6.07 Å². The summed E-state index contributed by atoms with van der Waals surface area (Å²) in [6.45, 7) is 4.51. The Labute approximate surface area is 141 Å². The maximum Gasteiger partial charge on any atom is 0.254 e. The zero-order valence-electron chi connectivity index (χ0n) is 13.2. The van der Waals surface area contributed by atoms with Crippen molar-refractivity contribution < 1.29 is 8.42 Å². The van der Waals surface area contributed by atoms with Crippen molar-refractivity contribution in [1.29, 1.82) is 5.26 Å². The molecule has 0 saturated carbocycles. The van der Waals surface area contributed by atoms with Crippen LogP contribution >= 0.6 is 11.3 Å². The van der Waals surface area contributed by atoms with Gasteiger partial charge in [-0.05, 0) is 19.9 Å². The Kier molecular flexibility index (Phi) is 4.87. The quantitative estimate of drug-likeness (QED) is 0.798. The molecule has 1 aromatic heterocycles. The minimum absolute atomic E-state index is 0.0242. The summed E-state index contributed by atoms with van der Waals surface area (Å²) in [5, 5.41) is 9.71. The van der Waals surface area contributed by atoms with Gasteiger partial charge in [0.1, 0.15) is 0 Å². The fourth-order valence-corrected chi connectivity index (χ4v) is 5.66. The van der Waals surface area contributed by atoms with Crippen LogP contribution in [-0.4, -0.2) is 68.9 Å². The van der Waals surface area contributed by atoms with Crippen LogP contribution in [0.4, 0.5) is 5.13 Å². The van der Waals surface area contributed by atoms with E-state index in [0.717, 1.165) is 31.3 Å². The van der Waals surface area contributed by atoms with Crippen LogP contribution in [0.3, 0.4) is 0 Å². The van der Waals surface area contributed by atoms with Crippen LogP contribution in [0.25, 0.3) is 0 Å². The molecule has 0 aliphatic carbocycles. The minimum Gasteiger partial charge on any atom is -0.345 e. The lowest BCUT2D eigenvalue weighted by atomic mass is 10.0. The average molecular weight is 355 g/mol. The monoisotopic (exact) mass is 355 g/mol. The van der Waals surface area contributed by atoms with Gasteiger partial charge in [0, 0.05) is 45.2 Å². The Morgan fingerprint density at radius 3 is 2.48 bits per heavy atom. The first kappa shape index (κ1) is 16.6. The Bertz CT molecular complexity index is 680. The third kappa shape index (κ3) is 3.50. The second-order valence-electron chi connectivity index (χ2n) is 6.06. The highest BCUT2D eigenvalue weighted by Gasteiger charge is 2.31. The normalized spacial score (nSPS) is 22.2. The van der Waals surface area contributed by atoms with Crippen LogP contribution in [0, 0.1) is 17.2 Å². The van der Waals surface area contributed by atoms with Crippen molar-refractivity contribution >= 4 is 26.5 Å². The topological polar surface area (TPSA) is 80.5 Å². The highest BCUT2D eigenvalue weighted by Crippen LogP contribution is 2.31. The van der Waals surface area contributed by atoms with Crippen LogP contribution in [0.15, 0.2) is 10.4 Å². The summed E-state index contributed by atoms with van der Waals surface area (Å²) in [5.41, 5.74) is 0. The van der Waals surface area contributed by atoms with E-state index in [9.17, 15) is 8.42 Å². The highest BCUT2D eigenvalue weighted by atomic mass is 32.2. The van der Waals surface area contributed by atoms with Gasteiger partial charge in [0.2, 0.25) is 0 Å².